The Morgan fingerprint density at radius 1 is 1.46 bits per heavy atom. The predicted molar refractivity (Wildman–Crippen MR) is 53.5 cm³/mol. The molecule has 0 aliphatic rings. The van der Waals surface area contributed by atoms with Crippen LogP contribution in [0.3, 0.4) is 0 Å². The Balaban J connectivity index is 3.07. The van der Waals surface area contributed by atoms with Crippen LogP contribution in [0.1, 0.15) is 24.1 Å². The maximum atomic E-state index is 9.28. The summed E-state index contributed by atoms with van der Waals surface area (Å²) in [5.41, 5.74) is 13.4. The highest BCUT2D eigenvalue weighted by Gasteiger charge is 2.08. The number of phenolic OH excluding ortho intramolecular Hbond substituents is 1. The van der Waals surface area contributed by atoms with Gasteiger partial charge < -0.3 is 16.6 Å². The van der Waals surface area contributed by atoms with Crippen LogP contribution >= 0.6 is 0 Å². The molecule has 0 aliphatic carbocycles. The Bertz CT molecular complexity index is 286. The van der Waals surface area contributed by atoms with Crippen molar-refractivity contribution in [2.24, 2.45) is 11.5 Å². The van der Waals surface area contributed by atoms with Crippen LogP contribution in [-0.2, 0) is 6.42 Å². The number of hydrogen-bond donors (Lipinski definition) is 3. The number of benzene rings is 1. The van der Waals surface area contributed by atoms with Crippen LogP contribution in [0.15, 0.2) is 18.2 Å². The van der Waals surface area contributed by atoms with Crippen molar-refractivity contribution in [2.45, 2.75) is 19.4 Å². The SMILES string of the molecule is CCc1ccc(O)cc1C(N)CN. The van der Waals surface area contributed by atoms with E-state index in [1.165, 1.54) is 0 Å². The molecule has 0 bridgehead atoms. The molecule has 72 valence electrons. The first-order valence-corrected chi connectivity index (χ1v) is 4.46. The van der Waals surface area contributed by atoms with Crippen LogP contribution in [0.2, 0.25) is 0 Å². The molecular weight excluding hydrogens is 164 g/mol. The van der Waals surface area contributed by atoms with Crippen LogP contribution < -0.4 is 11.5 Å². The third kappa shape index (κ3) is 2.20. The average Bonchev–Trinajstić information content (AvgIpc) is 2.16. The summed E-state index contributed by atoms with van der Waals surface area (Å²) in [6.45, 7) is 2.45. The Labute approximate surface area is 78.4 Å². The fourth-order valence-electron chi connectivity index (χ4n) is 1.38. The molecule has 1 aromatic carbocycles. The Morgan fingerprint density at radius 2 is 2.15 bits per heavy atom. The third-order valence-corrected chi connectivity index (χ3v) is 2.16. The van der Waals surface area contributed by atoms with Crippen LogP contribution in [0, 0.1) is 0 Å². The van der Waals surface area contributed by atoms with Gasteiger partial charge in [-0.2, -0.15) is 0 Å². The molecular formula is C10H16N2O. The van der Waals surface area contributed by atoms with Gasteiger partial charge >= 0.3 is 0 Å². The second-order valence-corrected chi connectivity index (χ2v) is 3.08. The first kappa shape index (κ1) is 10.0. The van der Waals surface area contributed by atoms with E-state index in [1.54, 1.807) is 12.1 Å². The molecule has 1 aromatic rings. The minimum Gasteiger partial charge on any atom is -0.508 e. The molecule has 0 aliphatic heterocycles. The molecule has 0 fully saturated rings. The molecule has 0 aromatic heterocycles. The summed E-state index contributed by atoms with van der Waals surface area (Å²) in [5.74, 6) is 0.246. The smallest absolute Gasteiger partial charge is 0.115 e. The fraction of sp³-hybridized carbons (Fsp3) is 0.400. The maximum Gasteiger partial charge on any atom is 0.115 e. The van der Waals surface area contributed by atoms with E-state index < -0.39 is 0 Å². The van der Waals surface area contributed by atoms with E-state index in [9.17, 15) is 5.11 Å². The number of rotatable bonds is 3. The Kier molecular flexibility index (Phi) is 3.28. The molecule has 13 heavy (non-hydrogen) atoms. The highest BCUT2D eigenvalue weighted by atomic mass is 16.3. The average molecular weight is 180 g/mol. The lowest BCUT2D eigenvalue weighted by Crippen LogP contribution is -2.21. The molecule has 1 unspecified atom stereocenters. The minimum absolute atomic E-state index is 0.179. The van der Waals surface area contributed by atoms with Gasteiger partial charge in [0.2, 0.25) is 0 Å². The van der Waals surface area contributed by atoms with E-state index in [-0.39, 0.29) is 11.8 Å². The Morgan fingerprint density at radius 3 is 2.69 bits per heavy atom. The van der Waals surface area contributed by atoms with Gasteiger partial charge in [-0.25, -0.2) is 0 Å². The van der Waals surface area contributed by atoms with Gasteiger partial charge in [0.25, 0.3) is 0 Å². The molecule has 0 radical (unpaired) electrons. The number of aromatic hydroxyl groups is 1. The van der Waals surface area contributed by atoms with E-state index in [2.05, 4.69) is 6.92 Å². The first-order valence-electron chi connectivity index (χ1n) is 4.46. The fourth-order valence-corrected chi connectivity index (χ4v) is 1.38. The zero-order valence-electron chi connectivity index (χ0n) is 7.83. The summed E-state index contributed by atoms with van der Waals surface area (Å²) in [6.07, 6.45) is 0.906. The van der Waals surface area contributed by atoms with Gasteiger partial charge in [-0.05, 0) is 29.7 Å². The highest BCUT2D eigenvalue weighted by molar-refractivity contribution is 5.37. The van der Waals surface area contributed by atoms with Crippen LogP contribution in [0.4, 0.5) is 0 Å². The van der Waals surface area contributed by atoms with Gasteiger partial charge in [-0.1, -0.05) is 13.0 Å². The van der Waals surface area contributed by atoms with E-state index in [0.29, 0.717) is 6.54 Å². The molecule has 0 amide bonds. The summed E-state index contributed by atoms with van der Waals surface area (Å²) in [5, 5.41) is 9.28. The van der Waals surface area contributed by atoms with Crippen molar-refractivity contribution in [2.75, 3.05) is 6.54 Å². The summed E-state index contributed by atoms with van der Waals surface area (Å²) < 4.78 is 0. The van der Waals surface area contributed by atoms with Crippen molar-refractivity contribution in [3.05, 3.63) is 29.3 Å². The van der Waals surface area contributed by atoms with Crippen molar-refractivity contribution in [1.82, 2.24) is 0 Å². The van der Waals surface area contributed by atoms with E-state index in [0.717, 1.165) is 17.5 Å². The summed E-state index contributed by atoms with van der Waals surface area (Å²) >= 11 is 0. The largest absolute Gasteiger partial charge is 0.508 e. The van der Waals surface area contributed by atoms with Gasteiger partial charge in [0.05, 0.1) is 0 Å². The molecule has 5 N–H and O–H groups in total. The number of aryl methyl sites for hydroxylation is 1. The third-order valence-electron chi connectivity index (χ3n) is 2.16. The van der Waals surface area contributed by atoms with Gasteiger partial charge in [-0.15, -0.1) is 0 Å². The number of hydrogen-bond acceptors (Lipinski definition) is 3. The quantitative estimate of drug-likeness (QED) is 0.647. The van der Waals surface area contributed by atoms with Crippen LogP contribution in [0.25, 0.3) is 0 Å². The topological polar surface area (TPSA) is 72.3 Å². The van der Waals surface area contributed by atoms with Gasteiger partial charge in [0.15, 0.2) is 0 Å². The van der Waals surface area contributed by atoms with E-state index >= 15 is 0 Å². The van der Waals surface area contributed by atoms with Crippen molar-refractivity contribution in [3.63, 3.8) is 0 Å². The monoisotopic (exact) mass is 180 g/mol. The van der Waals surface area contributed by atoms with Gasteiger partial charge in [-0.3, -0.25) is 0 Å². The second kappa shape index (κ2) is 4.25. The molecule has 0 spiro atoms. The lowest BCUT2D eigenvalue weighted by molar-refractivity contribution is 0.473. The lowest BCUT2D eigenvalue weighted by atomic mass is 9.99. The highest BCUT2D eigenvalue weighted by Crippen LogP contribution is 2.21. The standard InChI is InChI=1S/C10H16N2O/c1-2-7-3-4-8(13)5-9(7)10(12)6-11/h3-5,10,13H,2,6,11-12H2,1H3. The molecule has 3 heteroatoms. The zero-order chi connectivity index (χ0) is 9.84. The molecule has 3 nitrogen and oxygen atoms in total. The number of nitrogens with two attached hydrogens (primary N) is 2. The van der Waals surface area contributed by atoms with Gasteiger partial charge in [0, 0.05) is 12.6 Å². The summed E-state index contributed by atoms with van der Waals surface area (Å²) in [4.78, 5) is 0. The van der Waals surface area contributed by atoms with Crippen molar-refractivity contribution < 1.29 is 5.11 Å². The van der Waals surface area contributed by atoms with E-state index in [1.807, 2.05) is 6.07 Å². The summed E-state index contributed by atoms with van der Waals surface area (Å²) in [7, 11) is 0. The number of phenols is 1. The predicted octanol–water partition coefficient (Wildman–Crippen LogP) is 0.913. The lowest BCUT2D eigenvalue weighted by Gasteiger charge is -2.13. The van der Waals surface area contributed by atoms with Crippen molar-refractivity contribution in [1.29, 1.82) is 0 Å². The Hall–Kier alpha value is -1.06. The summed E-state index contributed by atoms with van der Waals surface area (Å²) in [6, 6.07) is 5.07. The van der Waals surface area contributed by atoms with Crippen LogP contribution in [0.5, 0.6) is 5.75 Å². The second-order valence-electron chi connectivity index (χ2n) is 3.08. The minimum atomic E-state index is -0.179. The molecule has 0 heterocycles. The van der Waals surface area contributed by atoms with E-state index in [4.69, 9.17) is 11.5 Å². The normalized spacial score (nSPS) is 12.8. The van der Waals surface area contributed by atoms with Crippen LogP contribution in [-0.4, -0.2) is 11.7 Å². The molecule has 0 saturated carbocycles. The zero-order valence-corrected chi connectivity index (χ0v) is 7.83. The van der Waals surface area contributed by atoms with Gasteiger partial charge in [0.1, 0.15) is 5.75 Å². The van der Waals surface area contributed by atoms with Crippen molar-refractivity contribution in [3.8, 4) is 5.75 Å². The maximum absolute atomic E-state index is 9.28. The molecule has 0 saturated heterocycles. The van der Waals surface area contributed by atoms with Crippen molar-refractivity contribution >= 4 is 0 Å². The first-order chi connectivity index (χ1) is 6.19. The molecule has 1 rings (SSSR count). The molecule has 1 atom stereocenters.